The van der Waals surface area contributed by atoms with Crippen molar-refractivity contribution in [3.8, 4) is 5.75 Å². The van der Waals surface area contributed by atoms with Crippen LogP contribution in [0.3, 0.4) is 0 Å². The standard InChI is InChI=1S/C23H22N6O3/c1-31-15-11-12-26-18(13-15)20(24)32-23(25)29-21-22(30)27-17-10-6-5-9-16(17)19(28-21)14-7-3-2-4-8-14/h2-13,21,23-24,29H,25H2,1H3,(H,27,30). The second-order valence-corrected chi connectivity index (χ2v) is 6.90. The molecule has 0 aliphatic carbocycles. The number of rotatable bonds is 6. The number of pyridine rings is 1. The summed E-state index contributed by atoms with van der Waals surface area (Å²) in [7, 11) is 1.52. The van der Waals surface area contributed by atoms with Crippen molar-refractivity contribution in [3.05, 3.63) is 89.7 Å². The number of hydrogen-bond donors (Lipinski definition) is 4. The molecule has 9 heteroatoms. The molecule has 4 rings (SSSR count). The molecule has 0 saturated heterocycles. The molecule has 32 heavy (non-hydrogen) atoms. The lowest BCUT2D eigenvalue weighted by Gasteiger charge is -2.20. The summed E-state index contributed by atoms with van der Waals surface area (Å²) >= 11 is 0. The highest BCUT2D eigenvalue weighted by Gasteiger charge is 2.27. The van der Waals surface area contributed by atoms with Gasteiger partial charge in [0, 0.05) is 23.4 Å². The van der Waals surface area contributed by atoms with Gasteiger partial charge in [0.1, 0.15) is 11.4 Å². The van der Waals surface area contributed by atoms with Gasteiger partial charge < -0.3 is 14.8 Å². The minimum Gasteiger partial charge on any atom is -0.497 e. The topological polar surface area (TPSA) is 135 Å². The summed E-state index contributed by atoms with van der Waals surface area (Å²) in [5.74, 6) is -0.134. The monoisotopic (exact) mass is 430 g/mol. The Morgan fingerprint density at radius 2 is 1.91 bits per heavy atom. The number of para-hydroxylation sites is 1. The van der Waals surface area contributed by atoms with Gasteiger partial charge >= 0.3 is 0 Å². The fraction of sp³-hybridized carbons (Fsp3) is 0.130. The van der Waals surface area contributed by atoms with E-state index in [-0.39, 0.29) is 11.6 Å². The Labute approximate surface area is 184 Å². The van der Waals surface area contributed by atoms with Gasteiger partial charge in [-0.15, -0.1) is 0 Å². The molecule has 2 aromatic carbocycles. The number of aromatic nitrogens is 1. The van der Waals surface area contributed by atoms with E-state index in [4.69, 9.17) is 20.6 Å². The van der Waals surface area contributed by atoms with Gasteiger partial charge in [-0.05, 0) is 12.1 Å². The van der Waals surface area contributed by atoms with Crippen LogP contribution in [0.25, 0.3) is 0 Å². The molecule has 1 aliphatic rings. The average molecular weight is 430 g/mol. The SMILES string of the molecule is COc1ccnc(C(=N)OC(N)NC2N=C(c3ccccc3)c3ccccc3NC2=O)c1. The maximum absolute atomic E-state index is 12.9. The number of carbonyl (C=O) groups is 1. The quantitative estimate of drug-likeness (QED) is 0.269. The summed E-state index contributed by atoms with van der Waals surface area (Å²) in [5, 5.41) is 13.8. The number of amides is 1. The third-order valence-electron chi connectivity index (χ3n) is 4.76. The van der Waals surface area contributed by atoms with Crippen LogP contribution in [0.15, 0.2) is 77.9 Å². The van der Waals surface area contributed by atoms with Gasteiger partial charge in [0.2, 0.25) is 12.2 Å². The molecule has 3 aromatic rings. The predicted molar refractivity (Wildman–Crippen MR) is 121 cm³/mol. The van der Waals surface area contributed by atoms with E-state index in [1.165, 1.54) is 13.3 Å². The number of nitrogens with two attached hydrogens (primary N) is 1. The molecule has 1 aromatic heterocycles. The molecule has 5 N–H and O–H groups in total. The van der Waals surface area contributed by atoms with E-state index in [1.807, 2.05) is 54.6 Å². The summed E-state index contributed by atoms with van der Waals surface area (Å²) in [4.78, 5) is 21.6. The number of hydrogen-bond acceptors (Lipinski definition) is 8. The molecular weight excluding hydrogens is 408 g/mol. The zero-order valence-corrected chi connectivity index (χ0v) is 17.3. The Morgan fingerprint density at radius 1 is 1.16 bits per heavy atom. The lowest BCUT2D eigenvalue weighted by molar-refractivity contribution is -0.118. The Balaban J connectivity index is 1.57. The lowest BCUT2D eigenvalue weighted by atomic mass is 10.0. The van der Waals surface area contributed by atoms with Crippen LogP contribution >= 0.6 is 0 Å². The number of nitrogens with one attached hydrogen (secondary N) is 3. The number of aliphatic imine (C=N–C) groups is 1. The molecule has 9 nitrogen and oxygen atoms in total. The van der Waals surface area contributed by atoms with Crippen LogP contribution in [0.4, 0.5) is 5.69 Å². The summed E-state index contributed by atoms with van der Waals surface area (Å²) in [6, 6.07) is 20.2. The average Bonchev–Trinajstić information content (AvgIpc) is 2.96. The second kappa shape index (κ2) is 9.38. The Bertz CT molecular complexity index is 1170. The first kappa shape index (κ1) is 21.2. The first-order chi connectivity index (χ1) is 15.5. The van der Waals surface area contributed by atoms with E-state index in [2.05, 4.69) is 20.6 Å². The van der Waals surface area contributed by atoms with E-state index in [1.54, 1.807) is 12.1 Å². The summed E-state index contributed by atoms with van der Waals surface area (Å²) < 4.78 is 10.6. The maximum atomic E-state index is 12.9. The highest BCUT2D eigenvalue weighted by atomic mass is 16.5. The van der Waals surface area contributed by atoms with Crippen LogP contribution in [0, 0.1) is 5.41 Å². The minimum absolute atomic E-state index is 0.243. The van der Waals surface area contributed by atoms with Gasteiger partial charge in [0.15, 0.2) is 6.17 Å². The fourth-order valence-corrected chi connectivity index (χ4v) is 3.24. The number of nitrogens with zero attached hydrogens (tertiary/aromatic N) is 2. The lowest BCUT2D eigenvalue weighted by Crippen LogP contribution is -2.50. The highest BCUT2D eigenvalue weighted by molar-refractivity contribution is 6.19. The van der Waals surface area contributed by atoms with Gasteiger partial charge in [-0.1, -0.05) is 48.5 Å². The van der Waals surface area contributed by atoms with Crippen molar-refractivity contribution in [2.45, 2.75) is 12.5 Å². The number of benzodiazepines with no additional fused rings is 1. The maximum Gasteiger partial charge on any atom is 0.264 e. The van der Waals surface area contributed by atoms with Gasteiger partial charge in [-0.3, -0.25) is 25.9 Å². The van der Waals surface area contributed by atoms with Crippen molar-refractivity contribution in [2.75, 3.05) is 12.4 Å². The smallest absolute Gasteiger partial charge is 0.264 e. The van der Waals surface area contributed by atoms with Gasteiger partial charge in [0.05, 0.1) is 18.5 Å². The van der Waals surface area contributed by atoms with Gasteiger partial charge in [-0.2, -0.15) is 0 Å². The summed E-state index contributed by atoms with van der Waals surface area (Å²) in [6.07, 6.45) is -0.732. The predicted octanol–water partition coefficient (Wildman–Crippen LogP) is 2.08. The molecule has 1 aliphatic heterocycles. The normalized spacial score (nSPS) is 16.1. The third kappa shape index (κ3) is 4.64. The van der Waals surface area contributed by atoms with E-state index in [0.717, 1.165) is 11.1 Å². The Kier molecular flexibility index (Phi) is 6.20. The molecule has 0 bridgehead atoms. The van der Waals surface area contributed by atoms with Crippen molar-refractivity contribution in [1.29, 1.82) is 5.41 Å². The summed E-state index contributed by atoms with van der Waals surface area (Å²) in [6.45, 7) is 0. The van der Waals surface area contributed by atoms with Crippen molar-refractivity contribution in [3.63, 3.8) is 0 Å². The largest absolute Gasteiger partial charge is 0.497 e. The van der Waals surface area contributed by atoms with E-state index in [0.29, 0.717) is 17.1 Å². The first-order valence-corrected chi connectivity index (χ1v) is 9.86. The molecule has 0 spiro atoms. The number of carbonyl (C=O) groups excluding carboxylic acids is 1. The fourth-order valence-electron chi connectivity index (χ4n) is 3.24. The van der Waals surface area contributed by atoms with E-state index in [9.17, 15) is 4.79 Å². The zero-order chi connectivity index (χ0) is 22.5. The second-order valence-electron chi connectivity index (χ2n) is 6.90. The molecule has 0 fully saturated rings. The third-order valence-corrected chi connectivity index (χ3v) is 4.76. The Hall–Kier alpha value is -4.08. The molecule has 1 amide bonds. The van der Waals surface area contributed by atoms with Gasteiger partial charge in [0.25, 0.3) is 5.91 Å². The van der Waals surface area contributed by atoms with Crippen LogP contribution in [-0.2, 0) is 9.53 Å². The molecular formula is C23H22N6O3. The molecule has 2 atom stereocenters. The van der Waals surface area contributed by atoms with Crippen LogP contribution in [0.1, 0.15) is 16.8 Å². The number of anilines is 1. The molecule has 2 heterocycles. The highest BCUT2D eigenvalue weighted by Crippen LogP contribution is 2.23. The Morgan fingerprint density at radius 3 is 2.69 bits per heavy atom. The van der Waals surface area contributed by atoms with Crippen LogP contribution < -0.4 is 21.1 Å². The number of methoxy groups -OCH3 is 1. The van der Waals surface area contributed by atoms with Crippen molar-refractivity contribution in [2.24, 2.45) is 10.7 Å². The number of fused-ring (bicyclic) bond motifs is 1. The zero-order valence-electron chi connectivity index (χ0n) is 17.3. The number of benzene rings is 2. The first-order valence-electron chi connectivity index (χ1n) is 9.86. The van der Waals surface area contributed by atoms with Crippen LogP contribution in [0.2, 0.25) is 0 Å². The van der Waals surface area contributed by atoms with Crippen LogP contribution in [-0.4, -0.2) is 42.1 Å². The van der Waals surface area contributed by atoms with Gasteiger partial charge in [-0.25, -0.2) is 5.32 Å². The van der Waals surface area contributed by atoms with Crippen molar-refractivity contribution in [1.82, 2.24) is 10.3 Å². The van der Waals surface area contributed by atoms with E-state index >= 15 is 0 Å². The van der Waals surface area contributed by atoms with Crippen LogP contribution in [0.5, 0.6) is 5.75 Å². The minimum atomic E-state index is -1.19. The molecule has 0 saturated carbocycles. The number of ether oxygens (including phenoxy) is 2. The van der Waals surface area contributed by atoms with Crippen molar-refractivity contribution >= 4 is 23.2 Å². The van der Waals surface area contributed by atoms with E-state index < -0.39 is 18.4 Å². The molecule has 0 radical (unpaired) electrons. The van der Waals surface area contributed by atoms with Crippen molar-refractivity contribution < 1.29 is 14.3 Å². The molecule has 2 unspecified atom stereocenters. The summed E-state index contributed by atoms with van der Waals surface area (Å²) in [5.41, 5.74) is 9.20. The molecule has 162 valence electrons.